The van der Waals surface area contributed by atoms with Gasteiger partial charge in [-0.15, -0.1) is 0 Å². The largest absolute Gasteiger partial charge is 0.378 e. The van der Waals surface area contributed by atoms with Gasteiger partial charge in [0.1, 0.15) is 0 Å². The first-order valence-electron chi connectivity index (χ1n) is 8.67. The minimum absolute atomic E-state index is 0.500. The van der Waals surface area contributed by atoms with Crippen molar-refractivity contribution in [1.82, 2.24) is 10.3 Å². The zero-order valence-electron chi connectivity index (χ0n) is 13.2. The van der Waals surface area contributed by atoms with E-state index in [1.54, 1.807) is 0 Å². The summed E-state index contributed by atoms with van der Waals surface area (Å²) in [5.41, 5.74) is 2.81. The van der Waals surface area contributed by atoms with Gasteiger partial charge in [0.05, 0.1) is 6.10 Å². The molecule has 3 nitrogen and oxygen atoms in total. The van der Waals surface area contributed by atoms with Crippen molar-refractivity contribution in [3.8, 4) is 0 Å². The van der Waals surface area contributed by atoms with Gasteiger partial charge in [-0.1, -0.05) is 13.0 Å². The lowest BCUT2D eigenvalue weighted by Gasteiger charge is -2.26. The summed E-state index contributed by atoms with van der Waals surface area (Å²) in [4.78, 5) is 4.68. The highest BCUT2D eigenvalue weighted by Crippen LogP contribution is 2.35. The van der Waals surface area contributed by atoms with Gasteiger partial charge in [0.25, 0.3) is 0 Å². The zero-order valence-corrected chi connectivity index (χ0v) is 13.2. The highest BCUT2D eigenvalue weighted by molar-refractivity contribution is 5.30. The number of aryl methyl sites for hydroxylation is 1. The van der Waals surface area contributed by atoms with Crippen LogP contribution in [-0.4, -0.2) is 30.3 Å². The molecule has 3 rings (SSSR count). The van der Waals surface area contributed by atoms with E-state index in [2.05, 4.69) is 29.4 Å². The fourth-order valence-corrected chi connectivity index (χ4v) is 3.85. The molecule has 1 aromatic heterocycles. The first-order valence-corrected chi connectivity index (χ1v) is 8.67. The molecule has 2 aliphatic rings. The fourth-order valence-electron chi connectivity index (χ4n) is 3.85. The van der Waals surface area contributed by atoms with E-state index in [0.29, 0.717) is 18.1 Å². The maximum Gasteiger partial charge on any atom is 0.0576 e. The van der Waals surface area contributed by atoms with Crippen molar-refractivity contribution in [3.05, 3.63) is 29.6 Å². The first kappa shape index (κ1) is 15.0. The lowest BCUT2D eigenvalue weighted by Crippen LogP contribution is -2.35. The Morgan fingerprint density at radius 1 is 1.43 bits per heavy atom. The van der Waals surface area contributed by atoms with Crippen molar-refractivity contribution in [2.24, 2.45) is 0 Å². The van der Waals surface area contributed by atoms with Crippen LogP contribution in [0.3, 0.4) is 0 Å². The quantitative estimate of drug-likeness (QED) is 0.834. The van der Waals surface area contributed by atoms with Gasteiger partial charge in [-0.05, 0) is 63.1 Å². The molecular weight excluding hydrogens is 260 g/mol. The molecule has 1 fully saturated rings. The smallest absolute Gasteiger partial charge is 0.0576 e. The van der Waals surface area contributed by atoms with E-state index in [9.17, 15) is 0 Å². The van der Waals surface area contributed by atoms with Crippen LogP contribution in [0.5, 0.6) is 0 Å². The highest BCUT2D eigenvalue weighted by atomic mass is 16.5. The lowest BCUT2D eigenvalue weighted by atomic mass is 9.91. The maximum atomic E-state index is 5.80. The highest BCUT2D eigenvalue weighted by Gasteiger charge is 2.31. The molecule has 0 bridgehead atoms. The molecule has 21 heavy (non-hydrogen) atoms. The van der Waals surface area contributed by atoms with Crippen LogP contribution in [0.4, 0.5) is 0 Å². The predicted molar refractivity (Wildman–Crippen MR) is 85.6 cm³/mol. The fraction of sp³-hybridized carbons (Fsp3) is 0.722. The molecule has 3 atom stereocenters. The van der Waals surface area contributed by atoms with Gasteiger partial charge in [-0.25, -0.2) is 0 Å². The summed E-state index contributed by atoms with van der Waals surface area (Å²) < 4.78 is 5.80. The Morgan fingerprint density at radius 2 is 2.38 bits per heavy atom. The van der Waals surface area contributed by atoms with Crippen LogP contribution in [-0.2, 0) is 11.2 Å². The predicted octanol–water partition coefficient (Wildman–Crippen LogP) is 3.44. The molecule has 3 unspecified atom stereocenters. The summed E-state index contributed by atoms with van der Waals surface area (Å²) >= 11 is 0. The van der Waals surface area contributed by atoms with Crippen molar-refractivity contribution in [2.45, 2.75) is 69.9 Å². The van der Waals surface area contributed by atoms with Gasteiger partial charge in [-0.3, -0.25) is 4.98 Å². The summed E-state index contributed by atoms with van der Waals surface area (Å²) in [5.74, 6) is 0.592. The van der Waals surface area contributed by atoms with Gasteiger partial charge in [0.2, 0.25) is 0 Å². The molecule has 0 amide bonds. The lowest BCUT2D eigenvalue weighted by molar-refractivity contribution is 0.0985. The third-order valence-corrected chi connectivity index (χ3v) is 4.97. The second-order valence-electron chi connectivity index (χ2n) is 6.47. The monoisotopic (exact) mass is 288 g/mol. The minimum Gasteiger partial charge on any atom is -0.378 e. The molecule has 1 N–H and O–H groups in total. The number of hydrogen-bond acceptors (Lipinski definition) is 3. The second-order valence-corrected chi connectivity index (χ2v) is 6.47. The van der Waals surface area contributed by atoms with Crippen molar-refractivity contribution in [1.29, 1.82) is 0 Å². The minimum atomic E-state index is 0.500. The van der Waals surface area contributed by atoms with Crippen LogP contribution >= 0.6 is 0 Å². The molecular formula is C18H28N2O. The molecule has 0 spiro atoms. The van der Waals surface area contributed by atoms with E-state index < -0.39 is 0 Å². The van der Waals surface area contributed by atoms with Crippen LogP contribution in [0.25, 0.3) is 0 Å². The molecule has 1 aromatic rings. The SMILES string of the molecule is CCCNC(CCC1CCCO1)C1CCc2cccnc21. The topological polar surface area (TPSA) is 34.1 Å². The van der Waals surface area contributed by atoms with Crippen molar-refractivity contribution in [2.75, 3.05) is 13.2 Å². The Balaban J connectivity index is 1.64. The van der Waals surface area contributed by atoms with Gasteiger partial charge in [-0.2, -0.15) is 0 Å². The molecule has 3 heteroatoms. The third-order valence-electron chi connectivity index (χ3n) is 4.97. The van der Waals surface area contributed by atoms with Crippen molar-refractivity contribution in [3.63, 3.8) is 0 Å². The zero-order chi connectivity index (χ0) is 14.5. The number of pyridine rings is 1. The number of ether oxygens (including phenoxy) is 1. The number of rotatable bonds is 7. The molecule has 116 valence electrons. The number of nitrogens with one attached hydrogen (secondary N) is 1. The number of aromatic nitrogens is 1. The van der Waals surface area contributed by atoms with E-state index in [1.807, 2.05) is 6.20 Å². The first-order chi connectivity index (χ1) is 10.4. The van der Waals surface area contributed by atoms with Crippen LogP contribution in [0.15, 0.2) is 18.3 Å². The van der Waals surface area contributed by atoms with Crippen molar-refractivity contribution >= 4 is 0 Å². The molecule has 1 saturated heterocycles. The Labute approximate surface area is 128 Å². The van der Waals surface area contributed by atoms with Crippen LogP contribution in [0.2, 0.25) is 0 Å². The normalized spacial score (nSPS) is 26.0. The van der Waals surface area contributed by atoms with Crippen LogP contribution in [0.1, 0.15) is 62.6 Å². The second kappa shape index (κ2) is 7.37. The summed E-state index contributed by atoms with van der Waals surface area (Å²) in [5, 5.41) is 3.78. The van der Waals surface area contributed by atoms with Crippen LogP contribution in [0, 0.1) is 0 Å². The molecule has 2 heterocycles. The number of fused-ring (bicyclic) bond motifs is 1. The van der Waals surface area contributed by atoms with Gasteiger partial charge < -0.3 is 10.1 Å². The maximum absolute atomic E-state index is 5.80. The molecule has 1 aliphatic heterocycles. The summed E-state index contributed by atoms with van der Waals surface area (Å²) in [6, 6.07) is 4.88. The van der Waals surface area contributed by atoms with E-state index in [-0.39, 0.29) is 0 Å². The number of nitrogens with zero attached hydrogens (tertiary/aromatic N) is 1. The average molecular weight is 288 g/mol. The van der Waals surface area contributed by atoms with E-state index in [1.165, 1.54) is 56.2 Å². The number of hydrogen-bond donors (Lipinski definition) is 1. The molecule has 0 aromatic carbocycles. The summed E-state index contributed by atoms with van der Waals surface area (Å²) in [6.07, 6.45) is 11.0. The van der Waals surface area contributed by atoms with Crippen molar-refractivity contribution < 1.29 is 4.74 Å². The standard InChI is InChI=1S/C18H28N2O/c1-2-11-19-17(10-8-15-6-4-13-21-15)16-9-7-14-5-3-12-20-18(14)16/h3,5,12,15-17,19H,2,4,6-11,13H2,1H3. The molecule has 1 aliphatic carbocycles. The van der Waals surface area contributed by atoms with Crippen LogP contribution < -0.4 is 5.32 Å². The Morgan fingerprint density at radius 3 is 3.19 bits per heavy atom. The average Bonchev–Trinajstić information content (AvgIpc) is 3.17. The van der Waals surface area contributed by atoms with Gasteiger partial charge >= 0.3 is 0 Å². The van der Waals surface area contributed by atoms with E-state index in [4.69, 9.17) is 4.74 Å². The summed E-state index contributed by atoms with van der Waals surface area (Å²) in [7, 11) is 0. The van der Waals surface area contributed by atoms with E-state index >= 15 is 0 Å². The third kappa shape index (κ3) is 3.64. The van der Waals surface area contributed by atoms with E-state index in [0.717, 1.165) is 13.2 Å². The summed E-state index contributed by atoms with van der Waals surface area (Å²) in [6.45, 7) is 4.31. The Bertz CT molecular complexity index is 443. The van der Waals surface area contributed by atoms with Gasteiger partial charge in [0.15, 0.2) is 0 Å². The molecule has 0 radical (unpaired) electrons. The Kier molecular flexibility index (Phi) is 5.26. The molecule has 0 saturated carbocycles. The van der Waals surface area contributed by atoms with Gasteiger partial charge in [0, 0.05) is 30.5 Å². The Hall–Kier alpha value is -0.930.